The SMILES string of the molecule is [LiH].[S]=[Al][Cl]. The van der Waals surface area contributed by atoms with Crippen molar-refractivity contribution in [3.05, 3.63) is 0 Å². The molecular formula is HAlClLiS. The first-order chi connectivity index (χ1) is 1.41. The molecule has 0 aromatic rings. The number of hydrogen-bond donors (Lipinski definition) is 0. The summed E-state index contributed by atoms with van der Waals surface area (Å²) in [6, 6.07) is 0. The normalized spacial score (nSPS) is 2.25. The maximum absolute atomic E-state index is 4.90. The van der Waals surface area contributed by atoms with Gasteiger partial charge in [-0.25, -0.2) is 0 Å². The summed E-state index contributed by atoms with van der Waals surface area (Å²) in [7, 11) is 9.14. The molecule has 4 heteroatoms. The minimum atomic E-state index is -0.194. The van der Waals surface area contributed by atoms with E-state index in [1.807, 2.05) is 0 Å². The molecule has 0 aromatic heterocycles. The number of rotatable bonds is 0. The van der Waals surface area contributed by atoms with Crippen LogP contribution < -0.4 is 0 Å². The first-order valence-corrected chi connectivity index (χ1v) is 4.09. The fraction of sp³-hybridized carbons (Fsp3) is 0. The van der Waals surface area contributed by atoms with Gasteiger partial charge in [-0.15, -0.1) is 0 Å². The summed E-state index contributed by atoms with van der Waals surface area (Å²) in [6.07, 6.45) is 0. The van der Waals surface area contributed by atoms with Crippen LogP contribution in [0.1, 0.15) is 0 Å². The Morgan fingerprint density at radius 3 is 1.75 bits per heavy atom. The molecule has 18 valence electrons. The topological polar surface area (TPSA) is 0 Å². The van der Waals surface area contributed by atoms with Gasteiger partial charge in [0.2, 0.25) is 0 Å². The van der Waals surface area contributed by atoms with Crippen molar-refractivity contribution in [3.8, 4) is 0 Å². The van der Waals surface area contributed by atoms with E-state index in [0.29, 0.717) is 0 Å². The zero-order chi connectivity index (χ0) is 2.71. The molecule has 0 fully saturated rings. The third-order valence-corrected chi connectivity index (χ3v) is 0. The Morgan fingerprint density at radius 2 is 1.75 bits per heavy atom. The molecule has 0 aromatic carbocycles. The molecule has 0 amide bonds. The molecule has 0 rings (SSSR count). The van der Waals surface area contributed by atoms with Gasteiger partial charge in [-0.2, -0.15) is 0 Å². The van der Waals surface area contributed by atoms with E-state index in [0.717, 1.165) is 0 Å². The van der Waals surface area contributed by atoms with Crippen molar-refractivity contribution in [1.29, 1.82) is 0 Å². The zero-order valence-electron chi connectivity index (χ0n) is 1.36. The van der Waals surface area contributed by atoms with E-state index in [4.69, 9.17) is 10.0 Å². The quantitative estimate of drug-likeness (QED) is 0.397. The fourth-order valence-corrected chi connectivity index (χ4v) is 0. The third kappa shape index (κ3) is 9.43. The van der Waals surface area contributed by atoms with Crippen LogP contribution in [0, 0.1) is 0 Å². The summed E-state index contributed by atoms with van der Waals surface area (Å²) in [6.45, 7) is 0. The first-order valence-electron chi connectivity index (χ1n) is 0.454. The standard InChI is InChI=1S/Al.ClH.Li.S.H/h;1H;;;/q+1;;;;/p-1. The summed E-state index contributed by atoms with van der Waals surface area (Å²) < 4.78 is 0. The Bertz CT molecular complexity index is 15.5. The second kappa shape index (κ2) is 8.82. The van der Waals surface area contributed by atoms with Gasteiger partial charge in [-0.05, 0) is 0 Å². The Balaban J connectivity index is 0. The molecule has 0 unspecified atom stereocenters. The van der Waals surface area contributed by atoms with E-state index in [1.165, 1.54) is 0 Å². The number of halogens is 1. The molecular weight excluding hydrogens is 101 g/mol. The maximum atomic E-state index is 4.90. The van der Waals surface area contributed by atoms with Crippen molar-refractivity contribution in [1.82, 2.24) is 0 Å². The molecule has 0 aliphatic carbocycles. The van der Waals surface area contributed by atoms with E-state index in [2.05, 4.69) is 10.5 Å². The van der Waals surface area contributed by atoms with Gasteiger partial charge in [0.1, 0.15) is 0 Å². The van der Waals surface area contributed by atoms with Crippen molar-refractivity contribution < 1.29 is 0 Å². The van der Waals surface area contributed by atoms with Crippen LogP contribution in [-0.4, -0.2) is 31.5 Å². The van der Waals surface area contributed by atoms with Gasteiger partial charge in [0, 0.05) is 0 Å². The van der Waals surface area contributed by atoms with E-state index in [-0.39, 0.29) is 31.5 Å². The molecule has 0 radical (unpaired) electrons. The second-order valence-corrected chi connectivity index (χ2v) is 2.41. The van der Waals surface area contributed by atoms with Gasteiger partial charge in [-0.1, -0.05) is 0 Å². The van der Waals surface area contributed by atoms with Crippen molar-refractivity contribution in [2.75, 3.05) is 0 Å². The second-order valence-electron chi connectivity index (χ2n) is 0.0891. The molecule has 4 heavy (non-hydrogen) atoms. The molecule has 0 saturated carbocycles. The Kier molecular flexibility index (Phi) is 20.2. The minimum absolute atomic E-state index is 0. The van der Waals surface area contributed by atoms with Crippen LogP contribution in [0.2, 0.25) is 0 Å². The average Bonchev–Trinajstić information content (AvgIpc) is 0.918. The molecule has 0 nitrogen and oxygen atoms in total. The zero-order valence-corrected chi connectivity index (χ0v) is 4.09. The van der Waals surface area contributed by atoms with E-state index >= 15 is 0 Å². The third-order valence-electron chi connectivity index (χ3n) is 0. The van der Waals surface area contributed by atoms with Gasteiger partial charge in [-0.3, -0.25) is 0 Å². The van der Waals surface area contributed by atoms with Crippen LogP contribution in [0.25, 0.3) is 0 Å². The Labute approximate surface area is 51.8 Å². The van der Waals surface area contributed by atoms with Crippen LogP contribution in [0.4, 0.5) is 0 Å². The molecule has 0 spiro atoms. The van der Waals surface area contributed by atoms with Crippen LogP contribution >= 0.6 is 20.5 Å². The van der Waals surface area contributed by atoms with Gasteiger partial charge in [0.05, 0.1) is 0 Å². The molecule has 0 N–H and O–H groups in total. The number of hydrogen-bond acceptors (Lipinski definition) is 1. The predicted octanol–water partition coefficient (Wildman–Crippen LogP) is 0.308. The fourth-order valence-electron chi connectivity index (χ4n) is 0. The summed E-state index contributed by atoms with van der Waals surface area (Å²) in [5.74, 6) is 0. The Hall–Kier alpha value is 1.64. The van der Waals surface area contributed by atoms with Crippen molar-refractivity contribution in [3.63, 3.8) is 0 Å². The Morgan fingerprint density at radius 1 is 1.75 bits per heavy atom. The summed E-state index contributed by atoms with van der Waals surface area (Å²) in [4.78, 5) is 0. The first kappa shape index (κ1) is 9.16. The molecule has 0 bridgehead atoms. The summed E-state index contributed by atoms with van der Waals surface area (Å²) in [5.41, 5.74) is 0. The van der Waals surface area contributed by atoms with Crippen LogP contribution in [0.3, 0.4) is 0 Å². The van der Waals surface area contributed by atoms with Gasteiger partial charge >= 0.3 is 52.1 Å². The summed E-state index contributed by atoms with van der Waals surface area (Å²) in [5, 5.41) is 0. The predicted molar refractivity (Wildman–Crippen MR) is 26.3 cm³/mol. The monoisotopic (exact) mass is 102 g/mol. The van der Waals surface area contributed by atoms with E-state index in [1.54, 1.807) is 0 Å². The molecule has 0 aliphatic heterocycles. The van der Waals surface area contributed by atoms with Crippen molar-refractivity contribution in [2.45, 2.75) is 0 Å². The van der Waals surface area contributed by atoms with E-state index < -0.39 is 0 Å². The van der Waals surface area contributed by atoms with Crippen LogP contribution in [-0.2, 0) is 0 Å². The van der Waals surface area contributed by atoms with Gasteiger partial charge in [0.25, 0.3) is 0 Å². The molecule has 0 heterocycles. The summed E-state index contributed by atoms with van der Waals surface area (Å²) >= 11 is -0.194. The molecule has 0 atom stereocenters. The van der Waals surface area contributed by atoms with Crippen LogP contribution in [0.5, 0.6) is 0 Å². The van der Waals surface area contributed by atoms with Crippen molar-refractivity contribution >= 4 is 52.1 Å². The van der Waals surface area contributed by atoms with Crippen LogP contribution in [0.15, 0.2) is 0 Å². The van der Waals surface area contributed by atoms with Crippen molar-refractivity contribution in [2.24, 2.45) is 0 Å². The van der Waals surface area contributed by atoms with E-state index in [9.17, 15) is 0 Å². The van der Waals surface area contributed by atoms with Gasteiger partial charge < -0.3 is 0 Å². The van der Waals surface area contributed by atoms with Gasteiger partial charge in [0.15, 0.2) is 0 Å². The molecule has 0 aliphatic rings. The average molecular weight is 102 g/mol. The molecule has 0 saturated heterocycles.